The number of ether oxygens (including phenoxy) is 3. The summed E-state index contributed by atoms with van der Waals surface area (Å²) in [5.74, 6) is 2.75. The minimum atomic E-state index is -0.297. The Labute approximate surface area is 288 Å². The smallest absolute Gasteiger partial charge is 0.155 e. The molecule has 0 aromatic heterocycles. The SMILES string of the molecule is CCC(CC)C(CC(C)(C)CC(C)(C)C(CC(C)(C)CC)c1ccc(O)cc1)C1=CCC(OC(C)OCCOc2ccccc2)C=C1. The second kappa shape index (κ2) is 17.7. The average molecular weight is 647 g/mol. The third kappa shape index (κ3) is 12.4. The third-order valence-electron chi connectivity index (χ3n) is 10.6. The van der Waals surface area contributed by atoms with E-state index in [1.54, 1.807) is 0 Å². The van der Waals surface area contributed by atoms with Crippen molar-refractivity contribution in [1.29, 1.82) is 0 Å². The predicted octanol–water partition coefficient (Wildman–Crippen LogP) is 11.9. The van der Waals surface area contributed by atoms with Crippen LogP contribution in [0, 0.1) is 28.1 Å². The van der Waals surface area contributed by atoms with Gasteiger partial charge in [-0.2, -0.15) is 0 Å². The van der Waals surface area contributed by atoms with Crippen molar-refractivity contribution >= 4 is 0 Å². The van der Waals surface area contributed by atoms with Crippen LogP contribution in [0.2, 0.25) is 0 Å². The predicted molar refractivity (Wildman–Crippen MR) is 198 cm³/mol. The summed E-state index contributed by atoms with van der Waals surface area (Å²) in [6.45, 7) is 24.7. The minimum Gasteiger partial charge on any atom is -0.508 e. The zero-order chi connectivity index (χ0) is 34.7. The van der Waals surface area contributed by atoms with Gasteiger partial charge in [-0.05, 0) is 102 Å². The van der Waals surface area contributed by atoms with Gasteiger partial charge in [0.2, 0.25) is 0 Å². The summed E-state index contributed by atoms with van der Waals surface area (Å²) in [4.78, 5) is 0. The van der Waals surface area contributed by atoms with Crippen LogP contribution in [0.4, 0.5) is 0 Å². The molecule has 1 aliphatic rings. The number of aromatic hydroxyl groups is 1. The fourth-order valence-corrected chi connectivity index (χ4v) is 7.86. The number of allylic oxidation sites excluding steroid dienone is 2. The van der Waals surface area contributed by atoms with Crippen LogP contribution in [-0.4, -0.2) is 30.7 Å². The van der Waals surface area contributed by atoms with Gasteiger partial charge in [0.05, 0.1) is 12.7 Å². The summed E-state index contributed by atoms with van der Waals surface area (Å²) in [5, 5.41) is 10.0. The molecule has 0 heterocycles. The molecule has 4 nitrogen and oxygen atoms in total. The molecule has 0 aliphatic heterocycles. The molecule has 0 saturated carbocycles. The van der Waals surface area contributed by atoms with Crippen LogP contribution in [0.25, 0.3) is 0 Å². The number of benzene rings is 2. The van der Waals surface area contributed by atoms with Crippen molar-refractivity contribution in [3.05, 3.63) is 84.0 Å². The normalized spacial score (nSPS) is 17.8. The van der Waals surface area contributed by atoms with Gasteiger partial charge in [0.25, 0.3) is 0 Å². The molecule has 0 bridgehead atoms. The molecule has 1 N–H and O–H groups in total. The average Bonchev–Trinajstić information content (AvgIpc) is 3.03. The number of para-hydroxylation sites is 1. The minimum absolute atomic E-state index is 0.0195. The molecule has 1 aliphatic carbocycles. The van der Waals surface area contributed by atoms with Gasteiger partial charge in [0.15, 0.2) is 6.29 Å². The molecule has 4 atom stereocenters. The standard InChI is InChI=1S/C43H66O4/c1-11-33(12-2)39(34-21-25-38(26-22-34)47-32(4)45-27-28-46-37-17-15-14-16-18-37)29-42(7,8)31-43(9,10)40(30-41(5,6)13-3)35-19-23-36(44)24-20-35/h14-25,32-33,38-40,44H,11-13,26-31H2,1-10H3. The number of phenolic OH excluding ortho intramolecular Hbond substituents is 1. The first kappa shape index (κ1) is 38.9. The summed E-state index contributed by atoms with van der Waals surface area (Å²) in [6, 6.07) is 17.8. The zero-order valence-corrected chi connectivity index (χ0v) is 31.4. The maximum atomic E-state index is 10.0. The van der Waals surface area contributed by atoms with Gasteiger partial charge in [0.1, 0.15) is 18.1 Å². The molecule has 47 heavy (non-hydrogen) atoms. The van der Waals surface area contributed by atoms with Gasteiger partial charge in [0, 0.05) is 0 Å². The van der Waals surface area contributed by atoms with Crippen LogP contribution in [0.3, 0.4) is 0 Å². The molecular formula is C43H66O4. The van der Waals surface area contributed by atoms with E-state index in [0.717, 1.165) is 37.9 Å². The maximum absolute atomic E-state index is 10.0. The van der Waals surface area contributed by atoms with Crippen LogP contribution in [-0.2, 0) is 9.47 Å². The van der Waals surface area contributed by atoms with E-state index in [2.05, 4.69) is 92.7 Å². The third-order valence-corrected chi connectivity index (χ3v) is 10.6. The highest BCUT2D eigenvalue weighted by Crippen LogP contribution is 2.52. The Hall–Kier alpha value is -2.56. The van der Waals surface area contributed by atoms with Gasteiger partial charge in [-0.15, -0.1) is 0 Å². The number of hydrogen-bond acceptors (Lipinski definition) is 4. The van der Waals surface area contributed by atoms with E-state index in [-0.39, 0.29) is 28.6 Å². The molecule has 4 heteroatoms. The van der Waals surface area contributed by atoms with Crippen molar-refractivity contribution in [3.8, 4) is 11.5 Å². The van der Waals surface area contributed by atoms with Gasteiger partial charge < -0.3 is 19.3 Å². The molecule has 3 rings (SSSR count). The number of rotatable bonds is 20. The summed E-state index contributed by atoms with van der Waals surface area (Å²) < 4.78 is 17.9. The van der Waals surface area contributed by atoms with E-state index in [1.165, 1.54) is 24.0 Å². The van der Waals surface area contributed by atoms with Gasteiger partial charge in [-0.1, -0.05) is 130 Å². The molecular weight excluding hydrogens is 580 g/mol. The van der Waals surface area contributed by atoms with Crippen molar-refractivity contribution in [2.75, 3.05) is 13.2 Å². The highest BCUT2D eigenvalue weighted by Gasteiger charge is 2.40. The summed E-state index contributed by atoms with van der Waals surface area (Å²) in [7, 11) is 0. The van der Waals surface area contributed by atoms with Crippen molar-refractivity contribution in [3.63, 3.8) is 0 Å². The van der Waals surface area contributed by atoms with Gasteiger partial charge >= 0.3 is 0 Å². The highest BCUT2D eigenvalue weighted by molar-refractivity contribution is 5.30. The van der Waals surface area contributed by atoms with E-state index in [0.29, 0.717) is 36.7 Å². The molecule has 0 amide bonds. The van der Waals surface area contributed by atoms with E-state index in [4.69, 9.17) is 14.2 Å². The highest BCUT2D eigenvalue weighted by atomic mass is 16.7. The Morgan fingerprint density at radius 3 is 2.06 bits per heavy atom. The van der Waals surface area contributed by atoms with E-state index in [1.807, 2.05) is 49.4 Å². The largest absolute Gasteiger partial charge is 0.508 e. The Balaban J connectivity index is 1.66. The van der Waals surface area contributed by atoms with Crippen LogP contribution in [0.5, 0.6) is 11.5 Å². The molecule has 0 fully saturated rings. The Morgan fingerprint density at radius 2 is 1.49 bits per heavy atom. The van der Waals surface area contributed by atoms with Crippen LogP contribution in [0.15, 0.2) is 78.4 Å². The first-order valence-corrected chi connectivity index (χ1v) is 18.3. The maximum Gasteiger partial charge on any atom is 0.155 e. The number of hydrogen-bond donors (Lipinski definition) is 1. The Kier molecular flexibility index (Phi) is 14.7. The van der Waals surface area contributed by atoms with E-state index < -0.39 is 0 Å². The lowest BCUT2D eigenvalue weighted by Crippen LogP contribution is -2.34. The Bertz CT molecular complexity index is 1240. The monoisotopic (exact) mass is 646 g/mol. The van der Waals surface area contributed by atoms with Crippen molar-refractivity contribution in [2.45, 2.75) is 132 Å². The Morgan fingerprint density at radius 1 is 0.830 bits per heavy atom. The molecule has 0 spiro atoms. The van der Waals surface area contributed by atoms with E-state index in [9.17, 15) is 5.11 Å². The van der Waals surface area contributed by atoms with Crippen molar-refractivity contribution < 1.29 is 19.3 Å². The zero-order valence-electron chi connectivity index (χ0n) is 31.4. The molecule has 4 unspecified atom stereocenters. The van der Waals surface area contributed by atoms with Crippen molar-refractivity contribution in [2.24, 2.45) is 28.1 Å². The topological polar surface area (TPSA) is 47.9 Å². The lowest BCUT2D eigenvalue weighted by atomic mass is 9.60. The molecule has 0 saturated heterocycles. The molecule has 2 aromatic rings. The second-order valence-electron chi connectivity index (χ2n) is 16.2. The fourth-order valence-electron chi connectivity index (χ4n) is 7.86. The van der Waals surface area contributed by atoms with Crippen molar-refractivity contribution in [1.82, 2.24) is 0 Å². The first-order valence-electron chi connectivity index (χ1n) is 18.3. The quantitative estimate of drug-likeness (QED) is 0.115. The van der Waals surface area contributed by atoms with Crippen LogP contribution < -0.4 is 4.74 Å². The summed E-state index contributed by atoms with van der Waals surface area (Å²) in [5.41, 5.74) is 3.29. The van der Waals surface area contributed by atoms with Gasteiger partial charge in [-0.25, -0.2) is 0 Å². The van der Waals surface area contributed by atoms with Crippen LogP contribution >= 0.6 is 0 Å². The lowest BCUT2D eigenvalue weighted by Gasteiger charge is -2.45. The van der Waals surface area contributed by atoms with E-state index >= 15 is 0 Å². The lowest BCUT2D eigenvalue weighted by molar-refractivity contribution is -0.151. The fraction of sp³-hybridized carbons (Fsp3) is 0.628. The first-order chi connectivity index (χ1) is 22.2. The number of phenols is 1. The van der Waals surface area contributed by atoms with Gasteiger partial charge in [-0.3, -0.25) is 0 Å². The summed E-state index contributed by atoms with van der Waals surface area (Å²) in [6.07, 6.45) is 14.5. The molecule has 262 valence electrons. The summed E-state index contributed by atoms with van der Waals surface area (Å²) >= 11 is 0. The second-order valence-corrected chi connectivity index (χ2v) is 16.2. The van der Waals surface area contributed by atoms with Crippen LogP contribution in [0.1, 0.15) is 126 Å². The molecule has 0 radical (unpaired) electrons. The molecule has 2 aromatic carbocycles.